The normalized spacial score (nSPS) is 10.2. The Morgan fingerprint density at radius 1 is 0.512 bits per heavy atom. The zero-order chi connectivity index (χ0) is 28.4. The summed E-state index contributed by atoms with van der Waals surface area (Å²) in [4.78, 5) is 8.39. The van der Waals surface area contributed by atoms with Crippen LogP contribution in [-0.2, 0) is 47.2 Å². The van der Waals surface area contributed by atoms with Crippen LogP contribution in [0.1, 0.15) is 22.3 Å². The number of para-hydroxylation sites is 4. The third-order valence-corrected chi connectivity index (χ3v) is 5.66. The van der Waals surface area contributed by atoms with Crippen molar-refractivity contribution >= 4 is 12.4 Å². The number of hydrogen-bond donors (Lipinski definition) is 4. The number of benzene rings is 4. The van der Waals surface area contributed by atoms with E-state index in [2.05, 4.69) is 20.6 Å². The molecule has 0 saturated heterocycles. The van der Waals surface area contributed by atoms with Crippen molar-refractivity contribution in [2.75, 3.05) is 26.2 Å². The Morgan fingerprint density at radius 2 is 0.837 bits per heavy atom. The Balaban J connectivity index is 0.000000767. The van der Waals surface area contributed by atoms with Crippen molar-refractivity contribution in [3.8, 4) is 23.0 Å². The van der Waals surface area contributed by atoms with E-state index in [4.69, 9.17) is 0 Å². The summed E-state index contributed by atoms with van der Waals surface area (Å²) in [6.07, 6.45) is 3.26. The predicted octanol–water partition coefficient (Wildman–Crippen LogP) is 5.35. The van der Waals surface area contributed by atoms with Gasteiger partial charge in [0.2, 0.25) is 0 Å². The van der Waals surface area contributed by atoms with Gasteiger partial charge in [-0.05, 0) is 47.5 Å². The molecule has 0 heterocycles. The minimum absolute atomic E-state index is 0. The molecular formula is C32H36Fe2N4O5. The average molecular weight is 668 g/mol. The SMILES string of the molecule is O.Oc1ccccc1C=NCCN=Cc1ccccc1O.Oc1ccccc1C[N-]CC[N-]Cc1ccccc1O.[Fe+2].[Fe]. The minimum atomic E-state index is 0. The number of nitrogens with zero attached hydrogens (tertiary/aromatic N) is 4. The Morgan fingerprint density at radius 3 is 1.19 bits per heavy atom. The van der Waals surface area contributed by atoms with Gasteiger partial charge in [-0.1, -0.05) is 60.7 Å². The molecule has 0 aliphatic carbocycles. The minimum Gasteiger partial charge on any atom is -0.660 e. The predicted molar refractivity (Wildman–Crippen MR) is 165 cm³/mol. The van der Waals surface area contributed by atoms with E-state index < -0.39 is 0 Å². The van der Waals surface area contributed by atoms with E-state index >= 15 is 0 Å². The summed E-state index contributed by atoms with van der Waals surface area (Å²) in [7, 11) is 0. The molecule has 6 N–H and O–H groups in total. The zero-order valence-corrected chi connectivity index (χ0v) is 25.6. The molecule has 0 radical (unpaired) electrons. The van der Waals surface area contributed by atoms with Crippen LogP contribution in [-0.4, -0.2) is 64.5 Å². The summed E-state index contributed by atoms with van der Waals surface area (Å²) in [6, 6.07) is 28.4. The third-order valence-electron chi connectivity index (χ3n) is 5.66. The molecule has 0 spiro atoms. The van der Waals surface area contributed by atoms with Crippen LogP contribution in [0.2, 0.25) is 0 Å². The number of rotatable bonds is 12. The van der Waals surface area contributed by atoms with E-state index in [1.54, 1.807) is 73.1 Å². The molecule has 0 fully saturated rings. The number of phenols is 4. The summed E-state index contributed by atoms with van der Waals surface area (Å²) in [6.45, 7) is 3.28. The molecule has 0 amide bonds. The fraction of sp³-hybridized carbons (Fsp3) is 0.188. The molecule has 11 heteroatoms. The van der Waals surface area contributed by atoms with Crippen molar-refractivity contribution in [2.24, 2.45) is 9.98 Å². The third kappa shape index (κ3) is 14.9. The number of aliphatic imine (C=N–C) groups is 2. The van der Waals surface area contributed by atoms with Gasteiger partial charge >= 0.3 is 17.1 Å². The van der Waals surface area contributed by atoms with Crippen LogP contribution in [0.5, 0.6) is 23.0 Å². The van der Waals surface area contributed by atoms with Crippen LogP contribution in [0.15, 0.2) is 107 Å². The molecule has 9 nitrogen and oxygen atoms in total. The first-order valence-corrected chi connectivity index (χ1v) is 12.9. The van der Waals surface area contributed by atoms with Crippen molar-refractivity contribution in [3.63, 3.8) is 0 Å². The largest absolute Gasteiger partial charge is 2.00 e. The molecule has 4 rings (SSSR count). The van der Waals surface area contributed by atoms with E-state index in [0.717, 1.165) is 11.1 Å². The van der Waals surface area contributed by atoms with Crippen molar-refractivity contribution in [2.45, 2.75) is 13.1 Å². The van der Waals surface area contributed by atoms with Crippen LogP contribution in [0, 0.1) is 0 Å². The van der Waals surface area contributed by atoms with Gasteiger partial charge in [-0.25, -0.2) is 0 Å². The van der Waals surface area contributed by atoms with Crippen LogP contribution in [0.3, 0.4) is 0 Å². The summed E-state index contributed by atoms with van der Waals surface area (Å²) >= 11 is 0. The number of phenolic OH excluding ortho intramolecular Hbond substituents is 4. The first-order valence-electron chi connectivity index (χ1n) is 12.9. The van der Waals surface area contributed by atoms with Crippen LogP contribution in [0.25, 0.3) is 10.6 Å². The van der Waals surface area contributed by atoms with Gasteiger partial charge in [0.05, 0.1) is 13.1 Å². The zero-order valence-electron chi connectivity index (χ0n) is 23.4. The average Bonchev–Trinajstić information content (AvgIpc) is 2.96. The second-order valence-electron chi connectivity index (χ2n) is 8.66. The Hall–Kier alpha value is -3.66. The summed E-state index contributed by atoms with van der Waals surface area (Å²) < 4.78 is 0. The second kappa shape index (κ2) is 22.9. The van der Waals surface area contributed by atoms with Crippen molar-refractivity contribution in [1.29, 1.82) is 0 Å². The molecule has 4 aromatic carbocycles. The maximum Gasteiger partial charge on any atom is 2.00 e. The monoisotopic (exact) mass is 668 g/mol. The molecule has 230 valence electrons. The van der Waals surface area contributed by atoms with E-state index in [9.17, 15) is 20.4 Å². The molecule has 0 aliphatic heterocycles. The van der Waals surface area contributed by atoms with Gasteiger partial charge in [-0.3, -0.25) is 9.98 Å². The molecule has 0 atom stereocenters. The van der Waals surface area contributed by atoms with Crippen LogP contribution in [0.4, 0.5) is 0 Å². The van der Waals surface area contributed by atoms with Gasteiger partial charge in [0.25, 0.3) is 0 Å². The van der Waals surface area contributed by atoms with Crippen molar-refractivity contribution in [3.05, 3.63) is 130 Å². The Labute approximate surface area is 273 Å². The molecule has 43 heavy (non-hydrogen) atoms. The van der Waals surface area contributed by atoms with Gasteiger partial charge in [0.15, 0.2) is 0 Å². The summed E-state index contributed by atoms with van der Waals surface area (Å²) in [5, 5.41) is 46.9. The van der Waals surface area contributed by atoms with Gasteiger partial charge in [-0.15, -0.1) is 13.1 Å². The fourth-order valence-electron chi connectivity index (χ4n) is 3.46. The van der Waals surface area contributed by atoms with Crippen LogP contribution < -0.4 is 0 Å². The molecule has 0 aromatic heterocycles. The molecule has 0 unspecified atom stereocenters. The van der Waals surface area contributed by atoms with E-state index in [0.29, 0.717) is 50.4 Å². The van der Waals surface area contributed by atoms with Crippen LogP contribution >= 0.6 is 0 Å². The number of aromatic hydroxyl groups is 4. The molecule has 4 aromatic rings. The molecule has 0 bridgehead atoms. The quantitative estimate of drug-likeness (QED) is 0.0909. The van der Waals surface area contributed by atoms with Crippen molar-refractivity contribution in [1.82, 2.24) is 0 Å². The van der Waals surface area contributed by atoms with Gasteiger partial charge in [0, 0.05) is 40.6 Å². The van der Waals surface area contributed by atoms with E-state index in [1.807, 2.05) is 36.4 Å². The fourth-order valence-corrected chi connectivity index (χ4v) is 3.46. The van der Waals surface area contributed by atoms with E-state index in [-0.39, 0.29) is 62.6 Å². The smallest absolute Gasteiger partial charge is 0.660 e. The number of hydrogen-bond acceptors (Lipinski definition) is 6. The summed E-state index contributed by atoms with van der Waals surface area (Å²) in [5.41, 5.74) is 3.04. The van der Waals surface area contributed by atoms with Gasteiger partial charge < -0.3 is 36.5 Å². The maximum absolute atomic E-state index is 9.58. The van der Waals surface area contributed by atoms with E-state index in [1.165, 1.54) is 0 Å². The standard InChI is InChI=1S/C16H18N2O2.C16H16N2O2.2Fe.H2O/c2*19-15-7-3-1-5-13(15)11-17-9-10-18-12-14-6-2-4-8-16(14)20;;;/h1-8,19-20H,9-12H2;1-8,11-12,19-20H,9-10H2;;;1H2/q-2;;;+2;. The molecular weight excluding hydrogens is 632 g/mol. The second-order valence-corrected chi connectivity index (χ2v) is 8.66. The summed E-state index contributed by atoms with van der Waals surface area (Å²) in [5.74, 6) is 0.993. The molecule has 0 saturated carbocycles. The van der Waals surface area contributed by atoms with Gasteiger partial charge in [0.1, 0.15) is 23.0 Å². The Kier molecular flexibility index (Phi) is 20.9. The molecule has 0 aliphatic rings. The van der Waals surface area contributed by atoms with Crippen molar-refractivity contribution < 1.29 is 60.0 Å². The topological polar surface area (TPSA) is 165 Å². The first-order chi connectivity index (χ1) is 19.5. The maximum atomic E-state index is 9.58. The first kappa shape index (κ1) is 39.3. The Bertz CT molecular complexity index is 1280. The van der Waals surface area contributed by atoms with Gasteiger partial charge in [-0.2, -0.15) is 13.1 Å².